The smallest absolute Gasteiger partial charge is 0.183 e. The summed E-state index contributed by atoms with van der Waals surface area (Å²) in [5, 5.41) is 4.45. The zero-order valence-corrected chi connectivity index (χ0v) is 10.5. The van der Waals surface area contributed by atoms with E-state index in [0.29, 0.717) is 0 Å². The van der Waals surface area contributed by atoms with Crippen molar-refractivity contribution in [1.29, 1.82) is 0 Å². The number of hydrogen-bond donors (Lipinski definition) is 1. The van der Waals surface area contributed by atoms with Crippen LogP contribution in [0.2, 0.25) is 0 Å². The van der Waals surface area contributed by atoms with Gasteiger partial charge in [-0.2, -0.15) is 0 Å². The van der Waals surface area contributed by atoms with Crippen LogP contribution in [0.1, 0.15) is 32.6 Å². The third-order valence-corrected chi connectivity index (χ3v) is 3.59. The van der Waals surface area contributed by atoms with E-state index in [1.54, 1.807) is 11.3 Å². The van der Waals surface area contributed by atoms with Crippen LogP contribution in [0.25, 0.3) is 10.2 Å². The number of hydrogen-bond acceptors (Lipinski definition) is 3. The van der Waals surface area contributed by atoms with E-state index in [4.69, 9.17) is 0 Å². The minimum absolute atomic E-state index is 1.04. The monoisotopic (exact) mass is 234 g/mol. The Morgan fingerprint density at radius 3 is 2.88 bits per heavy atom. The molecule has 0 spiro atoms. The van der Waals surface area contributed by atoms with E-state index in [1.807, 2.05) is 6.07 Å². The molecule has 2 rings (SSSR count). The predicted molar refractivity (Wildman–Crippen MR) is 72.3 cm³/mol. The molecular weight excluding hydrogens is 216 g/mol. The number of nitrogens with one attached hydrogen (secondary N) is 1. The van der Waals surface area contributed by atoms with E-state index in [0.717, 1.165) is 17.2 Å². The highest BCUT2D eigenvalue weighted by molar-refractivity contribution is 7.22. The van der Waals surface area contributed by atoms with E-state index < -0.39 is 0 Å². The van der Waals surface area contributed by atoms with Crippen LogP contribution in [0.4, 0.5) is 5.13 Å². The Morgan fingerprint density at radius 2 is 2.06 bits per heavy atom. The van der Waals surface area contributed by atoms with Gasteiger partial charge in [0.05, 0.1) is 10.2 Å². The van der Waals surface area contributed by atoms with Gasteiger partial charge in [0, 0.05) is 6.54 Å². The van der Waals surface area contributed by atoms with Crippen LogP contribution in [0, 0.1) is 0 Å². The van der Waals surface area contributed by atoms with Crippen LogP contribution in [0.3, 0.4) is 0 Å². The number of para-hydroxylation sites is 1. The second kappa shape index (κ2) is 5.85. The van der Waals surface area contributed by atoms with E-state index in [-0.39, 0.29) is 0 Å². The largest absolute Gasteiger partial charge is 0.361 e. The second-order valence-electron chi connectivity index (χ2n) is 3.97. The average molecular weight is 234 g/mol. The number of benzene rings is 1. The summed E-state index contributed by atoms with van der Waals surface area (Å²) >= 11 is 1.74. The Morgan fingerprint density at radius 1 is 1.19 bits per heavy atom. The minimum Gasteiger partial charge on any atom is -0.361 e. The first-order valence-electron chi connectivity index (χ1n) is 5.99. The van der Waals surface area contributed by atoms with Crippen molar-refractivity contribution in [2.24, 2.45) is 0 Å². The van der Waals surface area contributed by atoms with E-state index in [2.05, 4.69) is 35.4 Å². The summed E-state index contributed by atoms with van der Waals surface area (Å²) in [6.07, 6.45) is 5.18. The van der Waals surface area contributed by atoms with Gasteiger partial charge in [0.25, 0.3) is 0 Å². The third kappa shape index (κ3) is 2.95. The summed E-state index contributed by atoms with van der Waals surface area (Å²) in [6.45, 7) is 3.28. The Kier molecular flexibility index (Phi) is 4.17. The van der Waals surface area contributed by atoms with Crippen molar-refractivity contribution < 1.29 is 0 Å². The number of nitrogens with zero attached hydrogens (tertiary/aromatic N) is 1. The number of unbranched alkanes of at least 4 members (excludes halogenated alkanes) is 3. The molecule has 0 amide bonds. The molecule has 0 aliphatic carbocycles. The highest BCUT2D eigenvalue weighted by Gasteiger charge is 2.01. The summed E-state index contributed by atoms with van der Waals surface area (Å²) in [5.74, 6) is 0. The maximum atomic E-state index is 4.54. The molecule has 1 aromatic heterocycles. The van der Waals surface area contributed by atoms with Crippen molar-refractivity contribution in [3.05, 3.63) is 24.3 Å². The Labute approximate surface area is 101 Å². The fraction of sp³-hybridized carbons (Fsp3) is 0.462. The molecular formula is C13H18N2S. The van der Waals surface area contributed by atoms with E-state index >= 15 is 0 Å². The first-order valence-corrected chi connectivity index (χ1v) is 6.81. The molecule has 0 fully saturated rings. The number of thiazole rings is 1. The van der Waals surface area contributed by atoms with Crippen molar-refractivity contribution in [2.45, 2.75) is 32.6 Å². The van der Waals surface area contributed by atoms with Gasteiger partial charge in [0.2, 0.25) is 0 Å². The average Bonchev–Trinajstić information content (AvgIpc) is 2.71. The summed E-state index contributed by atoms with van der Waals surface area (Å²) in [5.41, 5.74) is 1.10. The fourth-order valence-corrected chi connectivity index (χ4v) is 2.59. The molecule has 16 heavy (non-hydrogen) atoms. The number of rotatable bonds is 6. The lowest BCUT2D eigenvalue weighted by Gasteiger charge is -2.00. The molecule has 0 saturated carbocycles. The van der Waals surface area contributed by atoms with Gasteiger partial charge in [-0.3, -0.25) is 0 Å². The highest BCUT2D eigenvalue weighted by Crippen LogP contribution is 2.25. The van der Waals surface area contributed by atoms with Gasteiger partial charge >= 0.3 is 0 Å². The molecule has 3 heteroatoms. The summed E-state index contributed by atoms with van der Waals surface area (Å²) in [6, 6.07) is 8.28. The van der Waals surface area contributed by atoms with Crippen molar-refractivity contribution in [3.8, 4) is 0 Å². The lowest BCUT2D eigenvalue weighted by molar-refractivity contribution is 0.685. The van der Waals surface area contributed by atoms with E-state index in [1.165, 1.54) is 30.4 Å². The van der Waals surface area contributed by atoms with Gasteiger partial charge in [-0.25, -0.2) is 4.98 Å². The van der Waals surface area contributed by atoms with Gasteiger partial charge < -0.3 is 5.32 Å². The molecule has 1 heterocycles. The number of aromatic nitrogens is 1. The van der Waals surface area contributed by atoms with Crippen LogP contribution in [-0.4, -0.2) is 11.5 Å². The molecule has 0 radical (unpaired) electrons. The quantitative estimate of drug-likeness (QED) is 0.754. The zero-order valence-electron chi connectivity index (χ0n) is 9.70. The molecule has 1 aromatic carbocycles. The summed E-state index contributed by atoms with van der Waals surface area (Å²) in [4.78, 5) is 4.54. The number of anilines is 1. The topological polar surface area (TPSA) is 24.9 Å². The third-order valence-electron chi connectivity index (χ3n) is 2.60. The van der Waals surface area contributed by atoms with Crippen molar-refractivity contribution >= 4 is 26.7 Å². The maximum Gasteiger partial charge on any atom is 0.183 e. The summed E-state index contributed by atoms with van der Waals surface area (Å²) < 4.78 is 1.26. The van der Waals surface area contributed by atoms with Crippen molar-refractivity contribution in [2.75, 3.05) is 11.9 Å². The molecule has 2 nitrogen and oxygen atoms in total. The molecule has 86 valence electrons. The van der Waals surface area contributed by atoms with E-state index in [9.17, 15) is 0 Å². The lowest BCUT2D eigenvalue weighted by atomic mass is 10.2. The first kappa shape index (κ1) is 11.4. The number of fused-ring (bicyclic) bond motifs is 1. The molecule has 0 aliphatic heterocycles. The Bertz CT molecular complexity index is 403. The molecule has 0 saturated heterocycles. The van der Waals surface area contributed by atoms with Gasteiger partial charge in [-0.05, 0) is 18.6 Å². The van der Waals surface area contributed by atoms with Crippen LogP contribution in [-0.2, 0) is 0 Å². The summed E-state index contributed by atoms with van der Waals surface area (Å²) in [7, 11) is 0. The SMILES string of the molecule is CCCCCCNc1nc2ccccc2s1. The predicted octanol–water partition coefficient (Wildman–Crippen LogP) is 4.29. The fourth-order valence-electron chi connectivity index (χ4n) is 1.69. The van der Waals surface area contributed by atoms with Crippen LogP contribution in [0.5, 0.6) is 0 Å². The van der Waals surface area contributed by atoms with Gasteiger partial charge in [-0.1, -0.05) is 49.7 Å². The highest BCUT2D eigenvalue weighted by atomic mass is 32.1. The first-order chi connectivity index (χ1) is 7.90. The zero-order chi connectivity index (χ0) is 11.2. The Balaban J connectivity index is 1.85. The maximum absolute atomic E-state index is 4.54. The minimum atomic E-state index is 1.04. The molecule has 0 bridgehead atoms. The molecule has 0 unspecified atom stereocenters. The van der Waals surface area contributed by atoms with Crippen LogP contribution in [0.15, 0.2) is 24.3 Å². The molecule has 0 aliphatic rings. The normalized spacial score (nSPS) is 10.8. The molecule has 1 N–H and O–H groups in total. The standard InChI is InChI=1S/C13H18N2S/c1-2-3-4-7-10-14-13-15-11-8-5-6-9-12(11)16-13/h5-6,8-9H,2-4,7,10H2,1H3,(H,14,15). The van der Waals surface area contributed by atoms with Gasteiger partial charge in [0.15, 0.2) is 5.13 Å². The molecule has 0 atom stereocenters. The second-order valence-corrected chi connectivity index (χ2v) is 5.00. The van der Waals surface area contributed by atoms with Gasteiger partial charge in [0.1, 0.15) is 0 Å². The van der Waals surface area contributed by atoms with Crippen molar-refractivity contribution in [1.82, 2.24) is 4.98 Å². The molecule has 2 aromatic rings. The lowest BCUT2D eigenvalue weighted by Crippen LogP contribution is -2.00. The van der Waals surface area contributed by atoms with Crippen LogP contribution >= 0.6 is 11.3 Å². The van der Waals surface area contributed by atoms with Gasteiger partial charge in [-0.15, -0.1) is 0 Å². The van der Waals surface area contributed by atoms with Crippen LogP contribution < -0.4 is 5.32 Å². The Hall–Kier alpha value is -1.09. The van der Waals surface area contributed by atoms with Crippen molar-refractivity contribution in [3.63, 3.8) is 0 Å².